The first-order chi connectivity index (χ1) is 16.8. The lowest BCUT2D eigenvalue weighted by Gasteiger charge is -2.12. The number of carbonyl (C=O) groups excluding carboxylic acids is 4. The molecule has 0 saturated carbocycles. The maximum atomic E-state index is 12.8. The number of esters is 1. The molecule has 0 N–H and O–H groups in total. The number of nitrogens with zero attached hydrogens (tertiary/aromatic N) is 2. The molecule has 0 saturated heterocycles. The lowest BCUT2D eigenvalue weighted by atomic mass is 10.1. The van der Waals surface area contributed by atoms with Crippen LogP contribution in [0.15, 0.2) is 41.8 Å². The Morgan fingerprint density at radius 3 is 2.51 bits per heavy atom. The van der Waals surface area contributed by atoms with Crippen molar-refractivity contribution in [1.29, 1.82) is 0 Å². The molecule has 8 nitrogen and oxygen atoms in total. The Hall–Kier alpha value is -3.56. The van der Waals surface area contributed by atoms with Gasteiger partial charge in [0.25, 0.3) is 11.8 Å². The summed E-state index contributed by atoms with van der Waals surface area (Å²) >= 11 is 1.65. The average molecular weight is 495 g/mol. The van der Waals surface area contributed by atoms with Crippen molar-refractivity contribution in [2.45, 2.75) is 26.8 Å². The van der Waals surface area contributed by atoms with Gasteiger partial charge >= 0.3 is 5.97 Å². The van der Waals surface area contributed by atoms with E-state index in [0.29, 0.717) is 25.1 Å². The number of amides is 2. The zero-order chi connectivity index (χ0) is 25.1. The van der Waals surface area contributed by atoms with E-state index in [1.54, 1.807) is 24.5 Å². The number of fused-ring (bicyclic) bond motifs is 1. The molecule has 1 aromatic carbocycles. The number of Topliss-reactive ketones (excluding diaryl/α,β-unsaturated/α-hetero) is 1. The molecule has 0 spiro atoms. The van der Waals surface area contributed by atoms with E-state index in [-0.39, 0.29) is 29.0 Å². The van der Waals surface area contributed by atoms with Gasteiger partial charge in [-0.05, 0) is 56.0 Å². The van der Waals surface area contributed by atoms with Crippen LogP contribution in [0, 0.1) is 13.8 Å². The molecule has 0 radical (unpaired) electrons. The van der Waals surface area contributed by atoms with Gasteiger partial charge in [-0.3, -0.25) is 19.3 Å². The maximum Gasteiger partial charge on any atom is 0.338 e. The van der Waals surface area contributed by atoms with Gasteiger partial charge in [-0.25, -0.2) is 4.79 Å². The second-order valence-electron chi connectivity index (χ2n) is 8.32. The van der Waals surface area contributed by atoms with Crippen molar-refractivity contribution in [3.05, 3.63) is 80.3 Å². The molecule has 0 unspecified atom stereocenters. The average Bonchev–Trinajstić information content (AvgIpc) is 3.53. The molecule has 1 aliphatic rings. The number of methoxy groups -OCH3 is 1. The molecule has 3 aromatic rings. The highest BCUT2D eigenvalue weighted by atomic mass is 32.1. The van der Waals surface area contributed by atoms with Crippen LogP contribution in [0.1, 0.15) is 64.1 Å². The van der Waals surface area contributed by atoms with Gasteiger partial charge in [0.2, 0.25) is 5.78 Å². The van der Waals surface area contributed by atoms with E-state index < -0.39 is 24.4 Å². The molecule has 4 rings (SSSR count). The van der Waals surface area contributed by atoms with Crippen molar-refractivity contribution in [2.75, 3.05) is 26.9 Å². The van der Waals surface area contributed by atoms with Gasteiger partial charge < -0.3 is 14.0 Å². The number of hydrogen-bond donors (Lipinski definition) is 0. The Bertz CT molecular complexity index is 1290. The van der Waals surface area contributed by atoms with Crippen LogP contribution < -0.4 is 0 Å². The fraction of sp³-hybridized carbons (Fsp3) is 0.308. The quantitative estimate of drug-likeness (QED) is 0.184. The standard InChI is InChI=1S/C26H26N2O6S/c1-16-12-21(17(2)28(16)14-19-6-4-11-35-19)23(29)15-34-26(32)18-7-8-20-22(13-18)25(31)27(24(20)30)9-5-10-33-3/h4,6-8,11-13H,5,9-10,14-15H2,1-3H3. The van der Waals surface area contributed by atoms with Crippen LogP contribution in [0.4, 0.5) is 0 Å². The molecular weight excluding hydrogens is 468 g/mol. The van der Waals surface area contributed by atoms with Crippen LogP contribution in [0.3, 0.4) is 0 Å². The molecule has 2 aromatic heterocycles. The number of aryl methyl sites for hydroxylation is 1. The summed E-state index contributed by atoms with van der Waals surface area (Å²) in [5.41, 5.74) is 2.78. The van der Waals surface area contributed by atoms with E-state index in [4.69, 9.17) is 9.47 Å². The van der Waals surface area contributed by atoms with Crippen molar-refractivity contribution in [2.24, 2.45) is 0 Å². The highest BCUT2D eigenvalue weighted by Gasteiger charge is 2.35. The largest absolute Gasteiger partial charge is 0.454 e. The summed E-state index contributed by atoms with van der Waals surface area (Å²) in [5, 5.41) is 2.01. The molecule has 1 aliphatic heterocycles. The first-order valence-electron chi connectivity index (χ1n) is 11.2. The van der Waals surface area contributed by atoms with Crippen LogP contribution in [-0.4, -0.2) is 59.9 Å². The van der Waals surface area contributed by atoms with E-state index in [0.717, 1.165) is 16.3 Å². The molecule has 0 fully saturated rings. The maximum absolute atomic E-state index is 12.8. The third-order valence-electron chi connectivity index (χ3n) is 6.04. The van der Waals surface area contributed by atoms with E-state index in [1.807, 2.05) is 31.4 Å². The van der Waals surface area contributed by atoms with Crippen LogP contribution in [-0.2, 0) is 16.0 Å². The van der Waals surface area contributed by atoms with Crippen molar-refractivity contribution in [1.82, 2.24) is 9.47 Å². The van der Waals surface area contributed by atoms with Crippen molar-refractivity contribution >= 4 is 34.9 Å². The first-order valence-corrected chi connectivity index (χ1v) is 12.1. The summed E-state index contributed by atoms with van der Waals surface area (Å²) in [6, 6.07) is 10.1. The molecule has 35 heavy (non-hydrogen) atoms. The Labute approximate surface area is 207 Å². The third-order valence-corrected chi connectivity index (χ3v) is 6.90. The lowest BCUT2D eigenvalue weighted by molar-refractivity contribution is 0.0474. The SMILES string of the molecule is COCCCN1C(=O)c2ccc(C(=O)OCC(=O)c3cc(C)n(Cc4cccs4)c3C)cc2C1=O. The number of benzene rings is 1. The molecule has 0 bridgehead atoms. The van der Waals surface area contributed by atoms with Crippen molar-refractivity contribution < 1.29 is 28.7 Å². The number of aromatic nitrogens is 1. The fourth-order valence-corrected chi connectivity index (χ4v) is 4.86. The highest BCUT2D eigenvalue weighted by molar-refractivity contribution is 7.09. The Morgan fingerprint density at radius 2 is 1.80 bits per heavy atom. The number of imide groups is 1. The van der Waals surface area contributed by atoms with Gasteiger partial charge in [0.1, 0.15) is 0 Å². The summed E-state index contributed by atoms with van der Waals surface area (Å²) in [6.45, 7) is 4.72. The Balaban J connectivity index is 1.41. The van der Waals surface area contributed by atoms with E-state index in [2.05, 4.69) is 4.57 Å². The summed E-state index contributed by atoms with van der Waals surface area (Å²) in [5.74, 6) is -1.88. The minimum absolute atomic E-state index is 0.111. The van der Waals surface area contributed by atoms with Crippen LogP contribution >= 0.6 is 11.3 Å². The van der Waals surface area contributed by atoms with Gasteiger partial charge in [-0.2, -0.15) is 0 Å². The number of ether oxygens (including phenoxy) is 2. The van der Waals surface area contributed by atoms with E-state index in [9.17, 15) is 19.2 Å². The minimum Gasteiger partial charge on any atom is -0.454 e. The Kier molecular flexibility index (Phi) is 7.28. The number of thiophene rings is 1. The number of carbonyl (C=O) groups is 4. The normalized spacial score (nSPS) is 12.8. The third kappa shape index (κ3) is 4.96. The van der Waals surface area contributed by atoms with Crippen molar-refractivity contribution in [3.63, 3.8) is 0 Å². The second-order valence-corrected chi connectivity index (χ2v) is 9.35. The van der Waals surface area contributed by atoms with Crippen molar-refractivity contribution in [3.8, 4) is 0 Å². The molecule has 0 atom stereocenters. The second kappa shape index (κ2) is 10.4. The van der Waals surface area contributed by atoms with Crippen LogP contribution in [0.25, 0.3) is 0 Å². The molecule has 0 aliphatic carbocycles. The lowest BCUT2D eigenvalue weighted by Crippen LogP contribution is -2.31. The topological polar surface area (TPSA) is 94.9 Å². The van der Waals surface area contributed by atoms with Gasteiger partial charge in [-0.15, -0.1) is 11.3 Å². The molecule has 9 heteroatoms. The zero-order valence-electron chi connectivity index (χ0n) is 19.8. The summed E-state index contributed by atoms with van der Waals surface area (Å²) in [4.78, 5) is 53.0. The van der Waals surface area contributed by atoms with E-state index >= 15 is 0 Å². The zero-order valence-corrected chi connectivity index (χ0v) is 20.6. The van der Waals surface area contributed by atoms with Crippen LogP contribution in [0.5, 0.6) is 0 Å². The summed E-state index contributed by atoms with van der Waals surface area (Å²) < 4.78 is 12.3. The first kappa shape index (κ1) is 24.6. The predicted molar refractivity (Wildman–Crippen MR) is 130 cm³/mol. The van der Waals surface area contributed by atoms with E-state index in [1.165, 1.54) is 23.1 Å². The summed E-state index contributed by atoms with van der Waals surface area (Å²) in [6.07, 6.45) is 0.521. The van der Waals surface area contributed by atoms with Gasteiger partial charge in [0.15, 0.2) is 6.61 Å². The number of hydrogen-bond acceptors (Lipinski definition) is 7. The summed E-state index contributed by atoms with van der Waals surface area (Å²) in [7, 11) is 1.55. The number of rotatable bonds is 10. The molecule has 182 valence electrons. The Morgan fingerprint density at radius 1 is 1.03 bits per heavy atom. The minimum atomic E-state index is -0.730. The van der Waals surface area contributed by atoms with Crippen LogP contribution in [0.2, 0.25) is 0 Å². The fourth-order valence-electron chi connectivity index (χ4n) is 4.17. The van der Waals surface area contributed by atoms with Gasteiger partial charge in [0, 0.05) is 42.1 Å². The predicted octanol–water partition coefficient (Wildman–Crippen LogP) is 3.89. The molecular formula is C26H26N2O6S. The van der Waals surface area contributed by atoms with Gasteiger partial charge in [-0.1, -0.05) is 6.07 Å². The van der Waals surface area contributed by atoms with Gasteiger partial charge in [0.05, 0.1) is 23.2 Å². The number of ketones is 1. The molecule has 2 amide bonds. The smallest absolute Gasteiger partial charge is 0.338 e. The molecule has 3 heterocycles. The highest BCUT2D eigenvalue weighted by Crippen LogP contribution is 2.25. The monoisotopic (exact) mass is 494 g/mol.